The Bertz CT molecular complexity index is 196. The molecule has 0 aromatic rings. The van der Waals surface area contributed by atoms with Crippen LogP contribution in [0, 0.1) is 0 Å². The van der Waals surface area contributed by atoms with E-state index in [9.17, 15) is 4.79 Å². The van der Waals surface area contributed by atoms with Crippen molar-refractivity contribution < 1.29 is 14.3 Å². The van der Waals surface area contributed by atoms with Crippen molar-refractivity contribution in [2.75, 3.05) is 14.2 Å². The number of hydrogen-bond donors (Lipinski definition) is 0. The minimum atomic E-state index is -1.06. The molecule has 0 aromatic heterocycles. The molecule has 0 atom stereocenters. The highest BCUT2D eigenvalue weighted by atomic mass is 28.3. The van der Waals surface area contributed by atoms with E-state index >= 15 is 0 Å². The van der Waals surface area contributed by atoms with Gasteiger partial charge < -0.3 is 9.47 Å². The third kappa shape index (κ3) is 2.69. The van der Waals surface area contributed by atoms with Crippen LogP contribution < -0.4 is 0 Å². The smallest absolute Gasteiger partial charge is 0.336 e. The molecule has 4 heteroatoms. The Kier molecular flexibility index (Phi) is 4.66. The average Bonchev–Trinajstić information content (AvgIpc) is 2.03. The summed E-state index contributed by atoms with van der Waals surface area (Å²) in [6, 6.07) is 0. The van der Waals surface area contributed by atoms with E-state index in [0.717, 1.165) is 5.38 Å². The fourth-order valence-corrected chi connectivity index (χ4v) is 2.53. The molecule has 0 rings (SSSR count). The van der Waals surface area contributed by atoms with Crippen molar-refractivity contribution in [3.05, 3.63) is 11.0 Å². The fraction of sp³-hybridized carbons (Fsp3) is 0.625. The molecule has 0 spiro atoms. The van der Waals surface area contributed by atoms with Crippen molar-refractivity contribution in [2.24, 2.45) is 0 Å². The first-order chi connectivity index (χ1) is 5.54. The zero-order valence-corrected chi connectivity index (χ0v) is 9.46. The normalized spacial score (nSPS) is 12.5. The SMILES string of the molecule is COC(=O)C(C)=C(OC)[SiH](C)C. The van der Waals surface area contributed by atoms with Crippen LogP contribution in [0.15, 0.2) is 11.0 Å². The molecule has 3 nitrogen and oxygen atoms in total. The molecule has 0 aliphatic rings. The standard InChI is InChI=1S/C8H16O3Si/c1-6(7(9)10-2)8(11-3)12(4)5/h12H,1-5H3. The highest BCUT2D eigenvalue weighted by Crippen LogP contribution is 2.10. The second-order valence-corrected chi connectivity index (χ2v) is 5.67. The summed E-state index contributed by atoms with van der Waals surface area (Å²) in [6.07, 6.45) is 0. The van der Waals surface area contributed by atoms with E-state index in [4.69, 9.17) is 4.74 Å². The summed E-state index contributed by atoms with van der Waals surface area (Å²) >= 11 is 0. The second-order valence-electron chi connectivity index (χ2n) is 2.84. The number of carbonyl (C=O) groups excluding carboxylic acids is 1. The van der Waals surface area contributed by atoms with Crippen molar-refractivity contribution in [1.82, 2.24) is 0 Å². The van der Waals surface area contributed by atoms with E-state index < -0.39 is 8.80 Å². The lowest BCUT2D eigenvalue weighted by Gasteiger charge is -2.11. The van der Waals surface area contributed by atoms with Gasteiger partial charge in [0.15, 0.2) is 0 Å². The second kappa shape index (κ2) is 4.98. The van der Waals surface area contributed by atoms with Crippen molar-refractivity contribution in [1.29, 1.82) is 0 Å². The predicted molar refractivity (Wildman–Crippen MR) is 50.6 cm³/mol. The van der Waals surface area contributed by atoms with Gasteiger partial charge in [-0.3, -0.25) is 0 Å². The third-order valence-corrected chi connectivity index (χ3v) is 3.32. The maximum Gasteiger partial charge on any atom is 0.336 e. The molecular formula is C8H16O3Si. The molecule has 0 saturated heterocycles. The minimum Gasteiger partial charge on any atom is -0.506 e. The third-order valence-electron chi connectivity index (χ3n) is 1.61. The predicted octanol–water partition coefficient (Wildman–Crippen LogP) is 1.11. The van der Waals surface area contributed by atoms with E-state index in [-0.39, 0.29) is 5.97 Å². The van der Waals surface area contributed by atoms with E-state index in [1.807, 2.05) is 0 Å². The van der Waals surface area contributed by atoms with Gasteiger partial charge in [-0.15, -0.1) is 0 Å². The first kappa shape index (κ1) is 11.2. The van der Waals surface area contributed by atoms with Gasteiger partial charge >= 0.3 is 5.97 Å². The highest BCUT2D eigenvalue weighted by molar-refractivity contribution is 6.63. The summed E-state index contributed by atoms with van der Waals surface area (Å²) in [5, 5.41) is 0.821. The number of carbonyl (C=O) groups is 1. The molecule has 0 unspecified atom stereocenters. The lowest BCUT2D eigenvalue weighted by atomic mass is 10.3. The summed E-state index contributed by atoms with van der Waals surface area (Å²) in [5.74, 6) is -0.298. The largest absolute Gasteiger partial charge is 0.506 e. The molecule has 0 aromatic carbocycles. The number of esters is 1. The summed E-state index contributed by atoms with van der Waals surface area (Å²) in [5.41, 5.74) is 0.599. The van der Waals surface area contributed by atoms with Crippen LogP contribution in [0.3, 0.4) is 0 Å². The molecule has 0 N–H and O–H groups in total. The number of hydrogen-bond acceptors (Lipinski definition) is 3. The van der Waals surface area contributed by atoms with Crippen LogP contribution in [0.1, 0.15) is 6.92 Å². The Morgan fingerprint density at radius 3 is 1.92 bits per heavy atom. The first-order valence-electron chi connectivity index (χ1n) is 3.87. The Hall–Kier alpha value is -0.773. The Labute approximate surface area is 75.0 Å². The van der Waals surface area contributed by atoms with Crippen LogP contribution in [-0.2, 0) is 14.3 Å². The number of rotatable bonds is 3. The zero-order chi connectivity index (χ0) is 9.72. The maximum absolute atomic E-state index is 11.1. The molecule has 70 valence electrons. The van der Waals surface area contributed by atoms with Crippen LogP contribution >= 0.6 is 0 Å². The molecule has 0 fully saturated rings. The lowest BCUT2D eigenvalue weighted by molar-refractivity contribution is -0.136. The molecule has 0 aliphatic heterocycles. The monoisotopic (exact) mass is 188 g/mol. The number of methoxy groups -OCH3 is 2. The van der Waals surface area contributed by atoms with E-state index in [2.05, 4.69) is 17.8 Å². The van der Waals surface area contributed by atoms with Gasteiger partial charge in [0.2, 0.25) is 0 Å². The van der Waals surface area contributed by atoms with Gasteiger partial charge in [-0.1, -0.05) is 13.1 Å². The minimum absolute atomic E-state index is 0.298. The number of ether oxygens (including phenoxy) is 2. The van der Waals surface area contributed by atoms with Gasteiger partial charge in [0.05, 0.1) is 25.2 Å². The van der Waals surface area contributed by atoms with Crippen molar-refractivity contribution in [3.63, 3.8) is 0 Å². The van der Waals surface area contributed by atoms with Crippen molar-refractivity contribution >= 4 is 14.8 Å². The molecule has 0 saturated carbocycles. The maximum atomic E-state index is 11.1. The Morgan fingerprint density at radius 1 is 1.17 bits per heavy atom. The van der Waals surface area contributed by atoms with Crippen LogP contribution in [0.25, 0.3) is 0 Å². The van der Waals surface area contributed by atoms with Crippen LogP contribution in [0.4, 0.5) is 0 Å². The molecule has 0 bridgehead atoms. The van der Waals surface area contributed by atoms with E-state index in [1.54, 1.807) is 14.0 Å². The summed E-state index contributed by atoms with van der Waals surface area (Å²) < 4.78 is 9.73. The zero-order valence-electron chi connectivity index (χ0n) is 8.30. The van der Waals surface area contributed by atoms with Crippen molar-refractivity contribution in [3.8, 4) is 0 Å². The molecule has 0 radical (unpaired) electrons. The van der Waals surface area contributed by atoms with Gasteiger partial charge in [-0.25, -0.2) is 4.79 Å². The Balaban J connectivity index is 4.71. The Morgan fingerprint density at radius 2 is 1.67 bits per heavy atom. The van der Waals surface area contributed by atoms with Gasteiger partial charge in [0, 0.05) is 0 Å². The van der Waals surface area contributed by atoms with Gasteiger partial charge in [-0.2, -0.15) is 0 Å². The summed E-state index contributed by atoms with van der Waals surface area (Å²) in [6.45, 7) is 5.94. The lowest BCUT2D eigenvalue weighted by Crippen LogP contribution is -2.15. The van der Waals surface area contributed by atoms with E-state index in [0.29, 0.717) is 5.57 Å². The highest BCUT2D eigenvalue weighted by Gasteiger charge is 2.14. The van der Waals surface area contributed by atoms with Gasteiger partial charge in [-0.05, 0) is 6.92 Å². The molecule has 0 heterocycles. The molecule has 0 aliphatic carbocycles. The molecular weight excluding hydrogens is 172 g/mol. The quantitative estimate of drug-likeness (QED) is 0.288. The van der Waals surface area contributed by atoms with Crippen LogP contribution in [0.5, 0.6) is 0 Å². The summed E-state index contributed by atoms with van der Waals surface area (Å²) in [4.78, 5) is 11.1. The first-order valence-corrected chi connectivity index (χ1v) is 6.76. The van der Waals surface area contributed by atoms with Gasteiger partial charge in [0.1, 0.15) is 8.80 Å². The van der Waals surface area contributed by atoms with Crippen LogP contribution in [-0.4, -0.2) is 29.0 Å². The summed E-state index contributed by atoms with van der Waals surface area (Å²) in [7, 11) is 1.91. The fourth-order valence-electron chi connectivity index (χ4n) is 1.08. The molecule has 0 amide bonds. The topological polar surface area (TPSA) is 35.5 Å². The van der Waals surface area contributed by atoms with Crippen LogP contribution in [0.2, 0.25) is 13.1 Å². The van der Waals surface area contributed by atoms with Gasteiger partial charge in [0.25, 0.3) is 0 Å². The molecule has 12 heavy (non-hydrogen) atoms. The average molecular weight is 188 g/mol. The van der Waals surface area contributed by atoms with E-state index in [1.165, 1.54) is 7.11 Å². The van der Waals surface area contributed by atoms with Crippen molar-refractivity contribution in [2.45, 2.75) is 20.0 Å².